The van der Waals surface area contributed by atoms with Crippen molar-refractivity contribution >= 4 is 17.6 Å². The summed E-state index contributed by atoms with van der Waals surface area (Å²) in [4.78, 5) is 24.0. The summed E-state index contributed by atoms with van der Waals surface area (Å²) >= 11 is 0. The number of carbonyl (C=O) groups excluding carboxylic acids is 2. The van der Waals surface area contributed by atoms with Crippen molar-refractivity contribution in [2.45, 2.75) is 44.8 Å². The summed E-state index contributed by atoms with van der Waals surface area (Å²) in [5.74, 6) is -0.320. The number of aliphatic hydroxyl groups excluding tert-OH is 1. The van der Waals surface area contributed by atoms with Crippen LogP contribution in [0.25, 0.3) is 0 Å². The summed E-state index contributed by atoms with van der Waals surface area (Å²) in [6, 6.07) is -0.400. The van der Waals surface area contributed by atoms with Gasteiger partial charge in [-0.2, -0.15) is 5.10 Å². The molecule has 0 radical (unpaired) electrons. The number of aromatic amines is 1. The SMILES string of the molecule is C=C(C)CNC(=O)Nc1cn[nH]c1C(=O)NC1CCC(O)CC1. The molecule has 0 aliphatic heterocycles. The Bertz CT molecular complexity index is 575. The van der Waals surface area contributed by atoms with E-state index in [1.807, 2.05) is 0 Å². The fraction of sp³-hybridized carbons (Fsp3) is 0.533. The summed E-state index contributed by atoms with van der Waals surface area (Å²) in [6.45, 7) is 5.86. The zero-order valence-electron chi connectivity index (χ0n) is 13.2. The monoisotopic (exact) mass is 321 g/mol. The number of nitrogens with zero attached hydrogens (tertiary/aromatic N) is 1. The lowest BCUT2D eigenvalue weighted by Gasteiger charge is -2.26. The van der Waals surface area contributed by atoms with Crippen molar-refractivity contribution < 1.29 is 14.7 Å². The number of rotatable bonds is 5. The Morgan fingerprint density at radius 3 is 2.74 bits per heavy atom. The number of urea groups is 1. The van der Waals surface area contributed by atoms with Gasteiger partial charge in [0.05, 0.1) is 18.0 Å². The minimum Gasteiger partial charge on any atom is -0.393 e. The molecule has 8 heteroatoms. The molecule has 1 heterocycles. The highest BCUT2D eigenvalue weighted by Crippen LogP contribution is 2.19. The third kappa shape index (κ3) is 5.10. The second kappa shape index (κ2) is 7.77. The van der Waals surface area contributed by atoms with Crippen LogP contribution in [0.2, 0.25) is 0 Å². The molecule has 3 amide bonds. The van der Waals surface area contributed by atoms with E-state index in [0.717, 1.165) is 18.4 Å². The van der Waals surface area contributed by atoms with Crippen molar-refractivity contribution in [1.29, 1.82) is 0 Å². The van der Waals surface area contributed by atoms with E-state index in [0.29, 0.717) is 25.1 Å². The molecule has 1 saturated carbocycles. The summed E-state index contributed by atoms with van der Waals surface area (Å²) < 4.78 is 0. The summed E-state index contributed by atoms with van der Waals surface area (Å²) in [5.41, 5.74) is 1.35. The lowest BCUT2D eigenvalue weighted by Crippen LogP contribution is -2.39. The predicted octanol–water partition coefficient (Wildman–Crippen LogP) is 1.14. The predicted molar refractivity (Wildman–Crippen MR) is 86.2 cm³/mol. The molecule has 0 spiro atoms. The minimum atomic E-state index is -0.427. The Morgan fingerprint density at radius 2 is 2.09 bits per heavy atom. The molecule has 1 aliphatic rings. The molecule has 1 aliphatic carbocycles. The van der Waals surface area contributed by atoms with E-state index in [9.17, 15) is 14.7 Å². The zero-order valence-corrected chi connectivity index (χ0v) is 13.2. The third-order valence-electron chi connectivity index (χ3n) is 3.70. The van der Waals surface area contributed by atoms with Crippen LogP contribution in [-0.4, -0.2) is 45.9 Å². The molecule has 1 aromatic rings. The van der Waals surface area contributed by atoms with Crippen molar-refractivity contribution in [2.75, 3.05) is 11.9 Å². The first-order chi connectivity index (χ1) is 11.0. The van der Waals surface area contributed by atoms with Crippen LogP contribution in [0.15, 0.2) is 18.3 Å². The van der Waals surface area contributed by atoms with Gasteiger partial charge in [0.15, 0.2) is 0 Å². The maximum Gasteiger partial charge on any atom is 0.319 e. The smallest absolute Gasteiger partial charge is 0.319 e. The fourth-order valence-electron chi connectivity index (χ4n) is 2.43. The molecule has 0 bridgehead atoms. The Kier molecular flexibility index (Phi) is 5.75. The molecule has 0 saturated heterocycles. The number of aliphatic hydroxyl groups is 1. The number of anilines is 1. The molecule has 126 valence electrons. The van der Waals surface area contributed by atoms with Crippen molar-refractivity contribution in [2.24, 2.45) is 0 Å². The normalized spacial score (nSPS) is 20.6. The van der Waals surface area contributed by atoms with Gasteiger partial charge in [-0.05, 0) is 32.6 Å². The quantitative estimate of drug-likeness (QED) is 0.522. The van der Waals surface area contributed by atoms with E-state index in [1.54, 1.807) is 6.92 Å². The van der Waals surface area contributed by atoms with Crippen LogP contribution in [0, 0.1) is 0 Å². The molecular weight excluding hydrogens is 298 g/mol. The second-order valence-electron chi connectivity index (χ2n) is 5.90. The molecule has 0 atom stereocenters. The van der Waals surface area contributed by atoms with Gasteiger partial charge in [0, 0.05) is 12.6 Å². The number of amides is 3. The first kappa shape index (κ1) is 17.0. The number of hydrogen-bond donors (Lipinski definition) is 5. The van der Waals surface area contributed by atoms with Gasteiger partial charge in [-0.1, -0.05) is 12.2 Å². The van der Waals surface area contributed by atoms with Gasteiger partial charge < -0.3 is 21.1 Å². The number of carbonyl (C=O) groups is 2. The van der Waals surface area contributed by atoms with Gasteiger partial charge in [0.25, 0.3) is 5.91 Å². The van der Waals surface area contributed by atoms with Crippen LogP contribution >= 0.6 is 0 Å². The fourth-order valence-corrected chi connectivity index (χ4v) is 2.43. The van der Waals surface area contributed by atoms with Crippen LogP contribution in [0.5, 0.6) is 0 Å². The van der Waals surface area contributed by atoms with E-state index in [1.165, 1.54) is 6.20 Å². The van der Waals surface area contributed by atoms with Crippen LogP contribution in [0.1, 0.15) is 43.1 Å². The first-order valence-electron chi connectivity index (χ1n) is 7.67. The molecule has 8 nitrogen and oxygen atoms in total. The van der Waals surface area contributed by atoms with E-state index in [-0.39, 0.29) is 23.7 Å². The second-order valence-corrected chi connectivity index (χ2v) is 5.90. The van der Waals surface area contributed by atoms with Crippen molar-refractivity contribution in [3.8, 4) is 0 Å². The summed E-state index contributed by atoms with van der Waals surface area (Å²) in [5, 5.41) is 24.0. The maximum atomic E-state index is 12.3. The molecule has 1 aromatic heterocycles. The van der Waals surface area contributed by atoms with Crippen LogP contribution < -0.4 is 16.0 Å². The molecule has 5 N–H and O–H groups in total. The molecule has 23 heavy (non-hydrogen) atoms. The van der Waals surface area contributed by atoms with Gasteiger partial charge in [0.2, 0.25) is 0 Å². The topological polar surface area (TPSA) is 119 Å². The van der Waals surface area contributed by atoms with Crippen LogP contribution in [0.4, 0.5) is 10.5 Å². The lowest BCUT2D eigenvalue weighted by molar-refractivity contribution is 0.0864. The third-order valence-corrected chi connectivity index (χ3v) is 3.70. The van der Waals surface area contributed by atoms with Gasteiger partial charge in [-0.3, -0.25) is 9.89 Å². The Morgan fingerprint density at radius 1 is 1.39 bits per heavy atom. The Hall–Kier alpha value is -2.35. The number of nitrogens with one attached hydrogen (secondary N) is 4. The molecule has 1 fully saturated rings. The maximum absolute atomic E-state index is 12.3. The highest BCUT2D eigenvalue weighted by atomic mass is 16.3. The minimum absolute atomic E-state index is 0.0271. The highest BCUT2D eigenvalue weighted by Gasteiger charge is 2.23. The number of hydrogen-bond acceptors (Lipinski definition) is 4. The van der Waals surface area contributed by atoms with Gasteiger partial charge in [0.1, 0.15) is 5.69 Å². The molecular formula is C15H23N5O3. The molecule has 0 unspecified atom stereocenters. The van der Waals surface area contributed by atoms with E-state index >= 15 is 0 Å². The zero-order chi connectivity index (χ0) is 16.8. The van der Waals surface area contributed by atoms with E-state index < -0.39 is 6.03 Å². The van der Waals surface area contributed by atoms with Gasteiger partial charge in [-0.15, -0.1) is 0 Å². The molecule has 0 aromatic carbocycles. The van der Waals surface area contributed by atoms with Crippen LogP contribution in [-0.2, 0) is 0 Å². The first-order valence-corrected chi connectivity index (χ1v) is 7.67. The molecule has 2 rings (SSSR count). The summed E-state index contributed by atoms with van der Waals surface area (Å²) in [7, 11) is 0. The average molecular weight is 321 g/mol. The number of aromatic nitrogens is 2. The number of H-pyrrole nitrogens is 1. The van der Waals surface area contributed by atoms with E-state index in [2.05, 4.69) is 32.7 Å². The largest absolute Gasteiger partial charge is 0.393 e. The van der Waals surface area contributed by atoms with Crippen LogP contribution in [0.3, 0.4) is 0 Å². The van der Waals surface area contributed by atoms with Crippen molar-refractivity contribution in [3.63, 3.8) is 0 Å². The van der Waals surface area contributed by atoms with Crippen molar-refractivity contribution in [1.82, 2.24) is 20.8 Å². The van der Waals surface area contributed by atoms with Gasteiger partial charge in [-0.25, -0.2) is 4.79 Å². The van der Waals surface area contributed by atoms with E-state index in [4.69, 9.17) is 0 Å². The Labute approximate surface area is 134 Å². The van der Waals surface area contributed by atoms with Crippen molar-refractivity contribution in [3.05, 3.63) is 24.0 Å². The average Bonchev–Trinajstić information content (AvgIpc) is 2.95. The lowest BCUT2D eigenvalue weighted by atomic mass is 9.93. The summed E-state index contributed by atoms with van der Waals surface area (Å²) in [6.07, 6.45) is 3.96. The Balaban J connectivity index is 1.90. The highest BCUT2D eigenvalue weighted by molar-refractivity contribution is 6.01. The standard InChI is InChI=1S/C15H23N5O3/c1-9(2)7-16-15(23)19-12-8-17-20-13(12)14(22)18-10-3-5-11(21)6-4-10/h8,10-11,21H,1,3-7H2,2H3,(H,17,20)(H,18,22)(H2,16,19,23). The van der Waals surface area contributed by atoms with Gasteiger partial charge >= 0.3 is 6.03 Å².